The predicted molar refractivity (Wildman–Crippen MR) is 48.9 cm³/mol. The fourth-order valence-electron chi connectivity index (χ4n) is 0.898. The van der Waals surface area contributed by atoms with E-state index < -0.39 is 5.91 Å². The van der Waals surface area contributed by atoms with Crippen molar-refractivity contribution < 1.29 is 9.53 Å². The number of ether oxygens (including phenoxy) is 1. The second-order valence-electron chi connectivity index (χ2n) is 2.93. The van der Waals surface area contributed by atoms with Crippen LogP contribution in [0, 0.1) is 12.3 Å². The van der Waals surface area contributed by atoms with Gasteiger partial charge in [0.25, 0.3) is 0 Å². The van der Waals surface area contributed by atoms with Gasteiger partial charge in [-0.1, -0.05) is 6.92 Å². The third kappa shape index (κ3) is 2.81. The molecule has 0 bridgehead atoms. The lowest BCUT2D eigenvalue weighted by atomic mass is 10.1. The van der Waals surface area contributed by atoms with Gasteiger partial charge in [0.15, 0.2) is 5.82 Å². The number of nitrogens with one attached hydrogen (secondary N) is 1. The Labute approximate surface area is 81.9 Å². The van der Waals surface area contributed by atoms with E-state index in [2.05, 4.69) is 15.2 Å². The molecule has 1 heterocycles. The van der Waals surface area contributed by atoms with Gasteiger partial charge >= 0.3 is 0 Å². The van der Waals surface area contributed by atoms with E-state index in [1.807, 2.05) is 0 Å². The van der Waals surface area contributed by atoms with Gasteiger partial charge in [0, 0.05) is 19.4 Å². The number of rotatable bonds is 5. The lowest BCUT2D eigenvalue weighted by Crippen LogP contribution is -2.21. The first-order valence-corrected chi connectivity index (χ1v) is 4.18. The number of primary amides is 1. The maximum absolute atomic E-state index is 10.7. The lowest BCUT2D eigenvalue weighted by Gasteiger charge is -2.01. The van der Waals surface area contributed by atoms with E-state index in [9.17, 15) is 4.79 Å². The number of amides is 1. The maximum Gasteiger partial charge on any atom is 0.221 e. The summed E-state index contributed by atoms with van der Waals surface area (Å²) < 4.78 is 4.84. The van der Waals surface area contributed by atoms with Crippen LogP contribution in [0.3, 0.4) is 0 Å². The maximum atomic E-state index is 10.7. The van der Waals surface area contributed by atoms with Gasteiger partial charge < -0.3 is 10.5 Å². The van der Waals surface area contributed by atoms with Crippen molar-refractivity contribution in [3.63, 3.8) is 0 Å². The van der Waals surface area contributed by atoms with Crippen LogP contribution in [0.25, 0.3) is 0 Å². The minimum atomic E-state index is -0.394. The summed E-state index contributed by atoms with van der Waals surface area (Å²) in [5.41, 5.74) is 5.09. The van der Waals surface area contributed by atoms with E-state index >= 15 is 0 Å². The van der Waals surface area contributed by atoms with Crippen molar-refractivity contribution in [3.8, 4) is 0 Å². The van der Waals surface area contributed by atoms with Gasteiger partial charge in [-0.05, 0) is 0 Å². The second-order valence-corrected chi connectivity index (χ2v) is 2.93. The van der Waals surface area contributed by atoms with Crippen LogP contribution >= 0.6 is 0 Å². The van der Waals surface area contributed by atoms with E-state index in [0.717, 1.165) is 0 Å². The minimum Gasteiger partial charge on any atom is -0.377 e. The molecule has 1 rings (SSSR count). The Balaban J connectivity index is 2.55. The molecule has 1 amide bonds. The van der Waals surface area contributed by atoms with Gasteiger partial charge in [0.05, 0.1) is 0 Å². The van der Waals surface area contributed by atoms with Gasteiger partial charge in [-0.15, -0.1) is 0 Å². The van der Waals surface area contributed by atoms with Gasteiger partial charge in [-0.3, -0.25) is 9.89 Å². The molecule has 0 spiro atoms. The van der Waals surface area contributed by atoms with E-state index in [1.165, 1.54) is 0 Å². The average Bonchev–Trinajstić information content (AvgIpc) is 2.53. The molecule has 0 saturated carbocycles. The van der Waals surface area contributed by atoms with Crippen molar-refractivity contribution in [2.24, 2.45) is 11.7 Å². The molecule has 1 radical (unpaired) electrons. The van der Waals surface area contributed by atoms with E-state index in [4.69, 9.17) is 10.5 Å². The van der Waals surface area contributed by atoms with E-state index in [-0.39, 0.29) is 5.92 Å². The van der Waals surface area contributed by atoms with Crippen LogP contribution < -0.4 is 5.73 Å². The summed E-state index contributed by atoms with van der Waals surface area (Å²) in [4.78, 5) is 14.8. The molecule has 0 saturated heterocycles. The number of aromatic nitrogens is 3. The fraction of sp³-hybridized carbons (Fsp3) is 0.500. The number of aromatic amines is 1. The van der Waals surface area contributed by atoms with Gasteiger partial charge in [-0.2, -0.15) is 5.10 Å². The van der Waals surface area contributed by atoms with Crippen molar-refractivity contribution in [2.45, 2.75) is 13.5 Å². The molecule has 1 aromatic rings. The van der Waals surface area contributed by atoms with Crippen LogP contribution in [0.2, 0.25) is 0 Å². The molecule has 1 aromatic heterocycles. The van der Waals surface area contributed by atoms with Crippen LogP contribution in [0.1, 0.15) is 18.6 Å². The van der Waals surface area contributed by atoms with Gasteiger partial charge in [-0.25, -0.2) is 4.98 Å². The zero-order chi connectivity index (χ0) is 10.6. The first-order valence-electron chi connectivity index (χ1n) is 4.18. The monoisotopic (exact) mass is 197 g/mol. The first kappa shape index (κ1) is 10.6. The molecule has 6 heteroatoms. The quantitative estimate of drug-likeness (QED) is 0.673. The Kier molecular flexibility index (Phi) is 3.58. The number of hydrogen-bond donors (Lipinski definition) is 2. The Hall–Kier alpha value is -1.43. The van der Waals surface area contributed by atoms with Crippen LogP contribution in [0.5, 0.6) is 0 Å². The zero-order valence-corrected chi connectivity index (χ0v) is 8.15. The van der Waals surface area contributed by atoms with Crippen molar-refractivity contribution in [2.75, 3.05) is 7.11 Å². The largest absolute Gasteiger partial charge is 0.377 e. The Morgan fingerprint density at radius 3 is 3.07 bits per heavy atom. The average molecular weight is 197 g/mol. The molecule has 14 heavy (non-hydrogen) atoms. The number of methoxy groups -OCH3 is 1. The van der Waals surface area contributed by atoms with Crippen molar-refractivity contribution in [1.29, 1.82) is 0 Å². The molecular formula is C8H13N4O2. The molecule has 0 aliphatic heterocycles. The van der Waals surface area contributed by atoms with Crippen LogP contribution in [-0.2, 0) is 16.1 Å². The molecule has 3 N–H and O–H groups in total. The van der Waals surface area contributed by atoms with Crippen LogP contribution in [-0.4, -0.2) is 28.2 Å². The Bertz CT molecular complexity index is 310. The fourth-order valence-corrected chi connectivity index (χ4v) is 0.898. The summed E-state index contributed by atoms with van der Waals surface area (Å²) in [6.45, 7) is 2.04. The SMILES string of the molecule is COCc1n[nH]c([CH][C@H](C)C(N)=O)n1. The normalized spacial score (nSPS) is 12.7. The second kappa shape index (κ2) is 4.71. The standard InChI is InChI=1S/C8H13N4O2/c1-5(8(9)13)3-6-10-7(4-14-2)12-11-6/h3,5H,4H2,1-2H3,(H2,9,13)(H,10,11,12)/t5-/m0/s1. The summed E-state index contributed by atoms with van der Waals surface area (Å²) >= 11 is 0. The summed E-state index contributed by atoms with van der Waals surface area (Å²) in [6.07, 6.45) is 1.62. The van der Waals surface area contributed by atoms with Crippen molar-refractivity contribution in [3.05, 3.63) is 18.1 Å². The lowest BCUT2D eigenvalue weighted by molar-refractivity contribution is -0.120. The van der Waals surface area contributed by atoms with E-state index in [0.29, 0.717) is 18.3 Å². The molecule has 1 atom stereocenters. The number of nitrogens with two attached hydrogens (primary N) is 1. The molecule has 0 aromatic carbocycles. The predicted octanol–water partition coefficient (Wildman–Crippen LogP) is -0.375. The third-order valence-corrected chi connectivity index (χ3v) is 1.68. The van der Waals surface area contributed by atoms with Gasteiger partial charge in [0.1, 0.15) is 12.4 Å². The van der Waals surface area contributed by atoms with Crippen LogP contribution in [0.4, 0.5) is 0 Å². The van der Waals surface area contributed by atoms with Crippen LogP contribution in [0.15, 0.2) is 0 Å². The summed E-state index contributed by atoms with van der Waals surface area (Å²) in [5, 5.41) is 6.55. The molecule has 6 nitrogen and oxygen atoms in total. The summed E-state index contributed by atoms with van der Waals surface area (Å²) in [7, 11) is 1.56. The smallest absolute Gasteiger partial charge is 0.221 e. The zero-order valence-electron chi connectivity index (χ0n) is 8.15. The number of H-pyrrole nitrogens is 1. The molecule has 77 valence electrons. The molecule has 0 fully saturated rings. The highest BCUT2D eigenvalue weighted by Crippen LogP contribution is 2.06. The number of nitrogens with zero attached hydrogens (tertiary/aromatic N) is 2. The topological polar surface area (TPSA) is 93.9 Å². The number of carbonyl (C=O) groups excluding carboxylic acids is 1. The highest BCUT2D eigenvalue weighted by molar-refractivity contribution is 5.78. The number of carbonyl (C=O) groups is 1. The van der Waals surface area contributed by atoms with Crippen molar-refractivity contribution in [1.82, 2.24) is 15.2 Å². The Morgan fingerprint density at radius 1 is 1.79 bits per heavy atom. The first-order chi connectivity index (χ1) is 6.63. The molecule has 0 unspecified atom stereocenters. The van der Waals surface area contributed by atoms with Gasteiger partial charge in [0.2, 0.25) is 5.91 Å². The highest BCUT2D eigenvalue weighted by Gasteiger charge is 2.12. The van der Waals surface area contributed by atoms with E-state index in [1.54, 1.807) is 20.5 Å². The third-order valence-electron chi connectivity index (χ3n) is 1.68. The Morgan fingerprint density at radius 2 is 2.50 bits per heavy atom. The molecular weight excluding hydrogens is 184 g/mol. The van der Waals surface area contributed by atoms with Crippen molar-refractivity contribution >= 4 is 5.91 Å². The molecule has 0 aliphatic carbocycles. The summed E-state index contributed by atoms with van der Waals surface area (Å²) in [5.74, 6) is 0.326. The highest BCUT2D eigenvalue weighted by atomic mass is 16.5. The summed E-state index contributed by atoms with van der Waals surface area (Å²) in [6, 6.07) is 0. The molecule has 0 aliphatic rings. The number of hydrogen-bond acceptors (Lipinski definition) is 4. The minimum absolute atomic E-state index is 0.343.